The van der Waals surface area contributed by atoms with Gasteiger partial charge in [-0.15, -0.1) is 0 Å². The molecule has 0 radical (unpaired) electrons. The lowest BCUT2D eigenvalue weighted by Crippen LogP contribution is -2.65. The molecule has 0 aliphatic carbocycles. The molecule has 4 amide bonds. The Morgan fingerprint density at radius 1 is 1.07 bits per heavy atom. The molecule has 226 valence electrons. The normalized spacial score (nSPS) is 26.3. The molecule has 0 unspecified atom stereocenters. The number of amides is 4. The van der Waals surface area contributed by atoms with Gasteiger partial charge in [0.15, 0.2) is 17.4 Å². The van der Waals surface area contributed by atoms with E-state index in [0.717, 1.165) is 12.1 Å². The Morgan fingerprint density at radius 2 is 1.80 bits per heavy atom. The number of fused-ring (bicyclic) bond motifs is 1. The standard InChI is InChI=1S/C29H40F2N4O6/c1-4-29(3)28(41)33-22(16-18-12-13-19(30)20(31)15-18)27(40)35-14-8-10-23(35)26(39)32-21(25(38)34-29)9-6-5-7-11-24(37)17(2)36/h12-13,15,17,21-23,36H,4-11,14,16H2,1-3H3,(H,32,39)(H,33,41)(H,34,38)/t17-,21+,22+,23-,29+/m1/s1. The predicted octanol–water partition coefficient (Wildman–Crippen LogP) is 1.67. The number of carbonyl (C=O) groups is 5. The molecule has 41 heavy (non-hydrogen) atoms. The first-order chi connectivity index (χ1) is 19.4. The number of nitrogens with one attached hydrogen (secondary N) is 3. The zero-order chi connectivity index (χ0) is 30.3. The number of aliphatic hydroxyl groups is 1. The van der Waals surface area contributed by atoms with Crippen LogP contribution in [0.3, 0.4) is 0 Å². The minimum atomic E-state index is -1.43. The van der Waals surface area contributed by atoms with Crippen LogP contribution < -0.4 is 16.0 Å². The Morgan fingerprint density at radius 3 is 2.46 bits per heavy atom. The highest BCUT2D eigenvalue weighted by Crippen LogP contribution is 2.22. The summed E-state index contributed by atoms with van der Waals surface area (Å²) in [6.07, 6.45) is 1.98. The van der Waals surface area contributed by atoms with E-state index in [-0.39, 0.29) is 43.6 Å². The first-order valence-corrected chi connectivity index (χ1v) is 14.2. The van der Waals surface area contributed by atoms with E-state index in [1.165, 1.54) is 24.8 Å². The van der Waals surface area contributed by atoms with Gasteiger partial charge in [-0.3, -0.25) is 24.0 Å². The van der Waals surface area contributed by atoms with Crippen LogP contribution in [0.5, 0.6) is 0 Å². The second kappa shape index (κ2) is 14.0. The van der Waals surface area contributed by atoms with E-state index in [1.807, 2.05) is 0 Å². The number of hydrogen-bond donors (Lipinski definition) is 4. The highest BCUT2D eigenvalue weighted by molar-refractivity contribution is 5.99. The average molecular weight is 579 g/mol. The zero-order valence-corrected chi connectivity index (χ0v) is 23.8. The fourth-order valence-electron chi connectivity index (χ4n) is 5.16. The van der Waals surface area contributed by atoms with Crippen LogP contribution in [0.2, 0.25) is 0 Å². The quantitative estimate of drug-likeness (QED) is 0.311. The van der Waals surface area contributed by atoms with E-state index in [4.69, 9.17) is 0 Å². The molecule has 12 heteroatoms. The van der Waals surface area contributed by atoms with Gasteiger partial charge in [0.25, 0.3) is 0 Å². The Bertz CT molecular complexity index is 1160. The number of carbonyl (C=O) groups excluding carboxylic acids is 5. The van der Waals surface area contributed by atoms with Crippen LogP contribution in [0.1, 0.15) is 77.7 Å². The maximum Gasteiger partial charge on any atom is 0.246 e. The smallest absolute Gasteiger partial charge is 0.246 e. The summed E-state index contributed by atoms with van der Waals surface area (Å²) in [6, 6.07) is 0.230. The lowest BCUT2D eigenvalue weighted by atomic mass is 9.94. The van der Waals surface area contributed by atoms with Gasteiger partial charge in [0, 0.05) is 19.4 Å². The summed E-state index contributed by atoms with van der Waals surface area (Å²) in [7, 11) is 0. The SMILES string of the molecule is CC[C@]1(C)NC(=O)[C@H](CCCCCC(=O)[C@@H](C)O)NC(=O)[C@H]2CCCN2C(=O)[C@H](Cc2ccc(F)c(F)c2)NC1=O. The molecule has 2 aliphatic rings. The molecular weight excluding hydrogens is 538 g/mol. The van der Waals surface area contributed by atoms with E-state index in [1.54, 1.807) is 6.92 Å². The maximum absolute atomic E-state index is 13.9. The van der Waals surface area contributed by atoms with Crippen LogP contribution in [-0.4, -0.2) is 75.7 Å². The molecule has 2 heterocycles. The molecule has 3 rings (SSSR count). The third-order valence-electron chi connectivity index (χ3n) is 7.99. The van der Waals surface area contributed by atoms with E-state index in [0.29, 0.717) is 32.1 Å². The van der Waals surface area contributed by atoms with Crippen LogP contribution in [0.15, 0.2) is 18.2 Å². The molecule has 5 atom stereocenters. The number of unbranched alkanes of at least 4 members (excludes halogenated alkanes) is 2. The van der Waals surface area contributed by atoms with Crippen molar-refractivity contribution in [3.63, 3.8) is 0 Å². The van der Waals surface area contributed by atoms with Crippen molar-refractivity contribution in [3.8, 4) is 0 Å². The number of ketones is 1. The fraction of sp³-hybridized carbons (Fsp3) is 0.621. The Kier molecular flexibility index (Phi) is 10.9. The summed E-state index contributed by atoms with van der Waals surface area (Å²) in [5, 5.41) is 17.6. The number of nitrogens with zero attached hydrogens (tertiary/aromatic N) is 1. The number of hydrogen-bond acceptors (Lipinski definition) is 6. The van der Waals surface area contributed by atoms with Gasteiger partial charge in [0.05, 0.1) is 0 Å². The number of benzene rings is 1. The van der Waals surface area contributed by atoms with Gasteiger partial charge in [-0.2, -0.15) is 0 Å². The molecule has 0 saturated carbocycles. The third-order valence-corrected chi connectivity index (χ3v) is 7.99. The van der Waals surface area contributed by atoms with Crippen LogP contribution in [0, 0.1) is 11.6 Å². The van der Waals surface area contributed by atoms with E-state index < -0.39 is 65.0 Å². The Balaban J connectivity index is 1.84. The molecule has 0 aromatic heterocycles. The number of Topliss-reactive ketones (excluding diaryl/α,β-unsaturated/α-hetero) is 1. The van der Waals surface area contributed by atoms with Crippen molar-refractivity contribution in [2.24, 2.45) is 0 Å². The largest absolute Gasteiger partial charge is 0.386 e. The van der Waals surface area contributed by atoms with Gasteiger partial charge in [0.2, 0.25) is 23.6 Å². The van der Waals surface area contributed by atoms with Crippen molar-refractivity contribution in [2.45, 2.75) is 108 Å². The predicted molar refractivity (Wildman–Crippen MR) is 145 cm³/mol. The molecule has 4 N–H and O–H groups in total. The molecule has 1 aromatic carbocycles. The van der Waals surface area contributed by atoms with Gasteiger partial charge in [-0.25, -0.2) is 8.78 Å². The van der Waals surface area contributed by atoms with Crippen molar-refractivity contribution in [1.29, 1.82) is 0 Å². The summed E-state index contributed by atoms with van der Waals surface area (Å²) in [5.41, 5.74) is -1.15. The molecule has 2 saturated heterocycles. The average Bonchev–Trinajstić information content (AvgIpc) is 3.42. The van der Waals surface area contributed by atoms with Crippen LogP contribution in [-0.2, 0) is 30.4 Å². The van der Waals surface area contributed by atoms with Gasteiger partial charge in [-0.1, -0.05) is 25.8 Å². The van der Waals surface area contributed by atoms with E-state index in [2.05, 4.69) is 16.0 Å². The lowest BCUT2D eigenvalue weighted by molar-refractivity contribution is -0.144. The molecule has 0 bridgehead atoms. The fourth-order valence-corrected chi connectivity index (χ4v) is 5.16. The van der Waals surface area contributed by atoms with Crippen LogP contribution in [0.25, 0.3) is 0 Å². The van der Waals surface area contributed by atoms with E-state index in [9.17, 15) is 37.9 Å². The summed E-state index contributed by atoms with van der Waals surface area (Å²) >= 11 is 0. The first kappa shape index (κ1) is 32.1. The van der Waals surface area contributed by atoms with Crippen molar-refractivity contribution in [3.05, 3.63) is 35.4 Å². The Hall–Kier alpha value is -3.41. The highest BCUT2D eigenvalue weighted by Gasteiger charge is 2.43. The highest BCUT2D eigenvalue weighted by atomic mass is 19.2. The van der Waals surface area contributed by atoms with Crippen LogP contribution >= 0.6 is 0 Å². The van der Waals surface area contributed by atoms with Crippen molar-refractivity contribution < 1.29 is 37.9 Å². The molecular formula is C29H40F2N4O6. The molecule has 2 aliphatic heterocycles. The third kappa shape index (κ3) is 8.08. The van der Waals surface area contributed by atoms with Gasteiger partial charge in [0.1, 0.15) is 29.8 Å². The Labute approximate surface area is 238 Å². The monoisotopic (exact) mass is 578 g/mol. The minimum absolute atomic E-state index is 0.138. The molecule has 1 aromatic rings. The number of halogens is 2. The van der Waals surface area contributed by atoms with Crippen molar-refractivity contribution >= 4 is 29.4 Å². The second-order valence-electron chi connectivity index (χ2n) is 11.1. The maximum atomic E-state index is 13.9. The van der Waals surface area contributed by atoms with Crippen molar-refractivity contribution in [2.75, 3.05) is 6.54 Å². The number of aliphatic hydroxyl groups excluding tert-OH is 1. The topological polar surface area (TPSA) is 145 Å². The second-order valence-corrected chi connectivity index (χ2v) is 11.1. The summed E-state index contributed by atoms with van der Waals surface area (Å²) < 4.78 is 27.4. The summed E-state index contributed by atoms with van der Waals surface area (Å²) in [4.78, 5) is 67.0. The van der Waals surface area contributed by atoms with Gasteiger partial charge < -0.3 is 26.0 Å². The summed E-state index contributed by atoms with van der Waals surface area (Å²) in [6.45, 7) is 4.89. The van der Waals surface area contributed by atoms with Crippen molar-refractivity contribution in [1.82, 2.24) is 20.9 Å². The minimum Gasteiger partial charge on any atom is -0.386 e. The molecule has 0 spiro atoms. The van der Waals surface area contributed by atoms with Gasteiger partial charge in [-0.05, 0) is 63.6 Å². The summed E-state index contributed by atoms with van der Waals surface area (Å²) in [5.74, 6) is -4.57. The van der Waals surface area contributed by atoms with E-state index >= 15 is 0 Å². The first-order valence-electron chi connectivity index (χ1n) is 14.2. The molecule has 2 fully saturated rings. The van der Waals surface area contributed by atoms with Gasteiger partial charge >= 0.3 is 0 Å². The number of rotatable bonds is 10. The zero-order valence-electron chi connectivity index (χ0n) is 23.8. The molecule has 10 nitrogen and oxygen atoms in total. The lowest BCUT2D eigenvalue weighted by Gasteiger charge is -2.36. The van der Waals surface area contributed by atoms with Crippen LogP contribution in [0.4, 0.5) is 8.78 Å².